The van der Waals surface area contributed by atoms with Crippen LogP contribution in [0.5, 0.6) is 0 Å². The molecule has 1 amide bonds. The molecule has 23 heavy (non-hydrogen) atoms. The summed E-state index contributed by atoms with van der Waals surface area (Å²) in [5.41, 5.74) is 3.17. The predicted octanol–water partition coefficient (Wildman–Crippen LogP) is 3.27. The third-order valence-corrected chi connectivity index (χ3v) is 4.83. The van der Waals surface area contributed by atoms with Gasteiger partial charge in [0.15, 0.2) is 0 Å². The van der Waals surface area contributed by atoms with Gasteiger partial charge in [-0.2, -0.15) is 11.3 Å². The number of rotatable bonds is 5. The topological polar surface area (TPSA) is 37.3 Å². The van der Waals surface area contributed by atoms with Crippen LogP contribution in [0.15, 0.2) is 47.3 Å². The highest BCUT2D eigenvalue weighted by atomic mass is 32.1. The van der Waals surface area contributed by atoms with Crippen LogP contribution in [0.2, 0.25) is 0 Å². The van der Waals surface area contributed by atoms with E-state index >= 15 is 0 Å². The molecule has 0 spiro atoms. The van der Waals surface area contributed by atoms with Crippen molar-refractivity contribution in [3.63, 3.8) is 0 Å². The lowest BCUT2D eigenvalue weighted by Gasteiger charge is -2.24. The van der Waals surface area contributed by atoms with Gasteiger partial charge in [0.2, 0.25) is 0 Å². The minimum absolute atomic E-state index is 0.0154. The summed E-state index contributed by atoms with van der Waals surface area (Å²) in [6.07, 6.45) is 2.16. The average molecular weight is 327 g/mol. The van der Waals surface area contributed by atoms with Crippen molar-refractivity contribution in [3.8, 4) is 0 Å². The van der Waals surface area contributed by atoms with Gasteiger partial charge in [0.25, 0.3) is 5.91 Å². The molecule has 0 aliphatic heterocycles. The smallest absolute Gasteiger partial charge is 0.252 e. The van der Waals surface area contributed by atoms with Gasteiger partial charge in [-0.05, 0) is 37.2 Å². The van der Waals surface area contributed by atoms with Gasteiger partial charge < -0.3 is 14.8 Å². The van der Waals surface area contributed by atoms with Gasteiger partial charge >= 0.3 is 0 Å². The fraction of sp³-hybridized carbons (Fsp3) is 0.278. The molecule has 3 aromatic rings. The molecule has 2 heterocycles. The van der Waals surface area contributed by atoms with Crippen LogP contribution in [0.4, 0.5) is 0 Å². The number of aromatic nitrogens is 1. The summed E-state index contributed by atoms with van der Waals surface area (Å²) in [5.74, 6) is -0.0154. The molecule has 5 heteroatoms. The second-order valence-electron chi connectivity index (χ2n) is 5.91. The fourth-order valence-electron chi connectivity index (χ4n) is 2.89. The Morgan fingerprint density at radius 1 is 1.30 bits per heavy atom. The molecule has 0 radical (unpaired) electrons. The summed E-state index contributed by atoms with van der Waals surface area (Å²) in [5, 5.41) is 8.08. The molecular formula is C18H21N3OS. The quantitative estimate of drug-likeness (QED) is 0.781. The first-order valence-corrected chi connectivity index (χ1v) is 8.53. The molecule has 0 bridgehead atoms. The number of nitrogens with one attached hydrogen (secondary N) is 1. The molecule has 120 valence electrons. The maximum absolute atomic E-state index is 12.2. The van der Waals surface area contributed by atoms with E-state index in [0.717, 1.165) is 5.56 Å². The molecule has 0 fully saturated rings. The lowest BCUT2D eigenvalue weighted by Crippen LogP contribution is -2.34. The van der Waals surface area contributed by atoms with Gasteiger partial charge in [0.1, 0.15) is 0 Å². The zero-order chi connectivity index (χ0) is 16.4. The predicted molar refractivity (Wildman–Crippen MR) is 96.0 cm³/mol. The van der Waals surface area contributed by atoms with E-state index in [-0.39, 0.29) is 11.9 Å². The highest BCUT2D eigenvalue weighted by Gasteiger charge is 2.20. The number of para-hydroxylation sites is 1. The highest BCUT2D eigenvalue weighted by molar-refractivity contribution is 7.08. The first-order chi connectivity index (χ1) is 11.1. The first-order valence-electron chi connectivity index (χ1n) is 7.58. The number of nitrogens with zero attached hydrogens (tertiary/aromatic N) is 2. The highest BCUT2D eigenvalue weighted by Crippen LogP contribution is 2.28. The second-order valence-corrected chi connectivity index (χ2v) is 6.69. The molecule has 0 saturated carbocycles. The number of carbonyl (C=O) groups is 1. The van der Waals surface area contributed by atoms with Gasteiger partial charge in [0, 0.05) is 41.6 Å². The lowest BCUT2D eigenvalue weighted by atomic mass is 10.0. The number of likely N-dealkylation sites (N-methyl/N-ethyl adjacent to an activating group) is 1. The lowest BCUT2D eigenvalue weighted by molar-refractivity contribution is 0.0942. The summed E-state index contributed by atoms with van der Waals surface area (Å²) in [6, 6.07) is 10.3. The number of hydrogen-bond donors (Lipinski definition) is 1. The van der Waals surface area contributed by atoms with Crippen LogP contribution in [0.25, 0.3) is 10.9 Å². The molecule has 0 aliphatic rings. The van der Waals surface area contributed by atoms with Crippen LogP contribution in [-0.2, 0) is 7.05 Å². The zero-order valence-corrected chi connectivity index (χ0v) is 14.4. The van der Waals surface area contributed by atoms with Gasteiger partial charge in [-0.15, -0.1) is 0 Å². The average Bonchev–Trinajstić information content (AvgIpc) is 3.17. The van der Waals surface area contributed by atoms with E-state index in [2.05, 4.69) is 52.3 Å². The summed E-state index contributed by atoms with van der Waals surface area (Å²) in [6.45, 7) is 0.579. The maximum atomic E-state index is 12.2. The molecule has 0 aliphatic carbocycles. The van der Waals surface area contributed by atoms with E-state index in [1.165, 1.54) is 27.8 Å². The van der Waals surface area contributed by atoms with Crippen molar-refractivity contribution in [2.75, 3.05) is 20.6 Å². The fourth-order valence-corrected chi connectivity index (χ4v) is 3.53. The van der Waals surface area contributed by atoms with E-state index < -0.39 is 0 Å². The van der Waals surface area contributed by atoms with Gasteiger partial charge in [-0.1, -0.05) is 18.2 Å². The summed E-state index contributed by atoms with van der Waals surface area (Å²) in [7, 11) is 6.15. The van der Waals surface area contributed by atoms with Crippen LogP contribution in [0.1, 0.15) is 22.0 Å². The standard InChI is InChI=1S/C18H21N3OS/c1-20(2)17(10-19-18(22)13-8-9-23-12-13)15-11-21(3)16-7-5-4-6-14(15)16/h4-9,11-12,17H,10H2,1-3H3,(H,19,22). The van der Waals surface area contributed by atoms with E-state index in [0.29, 0.717) is 6.54 Å². The molecule has 1 atom stereocenters. The van der Waals surface area contributed by atoms with Gasteiger partial charge in [-0.3, -0.25) is 4.79 Å². The Morgan fingerprint density at radius 3 is 2.78 bits per heavy atom. The third kappa shape index (κ3) is 3.16. The van der Waals surface area contributed by atoms with Crippen molar-refractivity contribution in [1.82, 2.24) is 14.8 Å². The minimum Gasteiger partial charge on any atom is -0.350 e. The molecule has 4 nitrogen and oxygen atoms in total. The molecule has 1 N–H and O–H groups in total. The van der Waals surface area contributed by atoms with Crippen molar-refractivity contribution in [1.29, 1.82) is 0 Å². The van der Waals surface area contributed by atoms with Gasteiger partial charge in [0.05, 0.1) is 6.04 Å². The Morgan fingerprint density at radius 2 is 2.09 bits per heavy atom. The Bertz CT molecular complexity index is 805. The zero-order valence-electron chi connectivity index (χ0n) is 13.6. The van der Waals surface area contributed by atoms with Crippen molar-refractivity contribution >= 4 is 28.1 Å². The summed E-state index contributed by atoms with van der Waals surface area (Å²) < 4.78 is 2.14. The number of fused-ring (bicyclic) bond motifs is 1. The minimum atomic E-state index is -0.0154. The molecular weight excluding hydrogens is 306 g/mol. The maximum Gasteiger partial charge on any atom is 0.252 e. The molecule has 0 saturated heterocycles. The largest absolute Gasteiger partial charge is 0.350 e. The van der Waals surface area contributed by atoms with Crippen molar-refractivity contribution in [2.24, 2.45) is 7.05 Å². The Labute approximate surface area is 140 Å². The number of aryl methyl sites for hydroxylation is 1. The SMILES string of the molecule is CN(C)C(CNC(=O)c1ccsc1)c1cn(C)c2ccccc12. The van der Waals surface area contributed by atoms with E-state index in [4.69, 9.17) is 0 Å². The summed E-state index contributed by atoms with van der Waals surface area (Å²) in [4.78, 5) is 14.4. The van der Waals surface area contributed by atoms with E-state index in [1.54, 1.807) is 0 Å². The Hall–Kier alpha value is -2.11. The van der Waals surface area contributed by atoms with E-state index in [1.807, 2.05) is 30.9 Å². The van der Waals surface area contributed by atoms with Crippen molar-refractivity contribution in [3.05, 3.63) is 58.4 Å². The van der Waals surface area contributed by atoms with Crippen LogP contribution >= 0.6 is 11.3 Å². The number of thiophene rings is 1. The number of amides is 1. The molecule has 3 rings (SSSR count). The molecule has 1 aromatic carbocycles. The second kappa shape index (κ2) is 6.56. The summed E-state index contributed by atoms with van der Waals surface area (Å²) >= 11 is 1.54. The Balaban J connectivity index is 1.85. The molecule has 1 unspecified atom stereocenters. The third-order valence-electron chi connectivity index (χ3n) is 4.15. The number of benzene rings is 1. The van der Waals surface area contributed by atoms with Crippen molar-refractivity contribution < 1.29 is 4.79 Å². The Kier molecular flexibility index (Phi) is 4.50. The van der Waals surface area contributed by atoms with Crippen LogP contribution in [0.3, 0.4) is 0 Å². The first kappa shape index (κ1) is 15.8. The van der Waals surface area contributed by atoms with Gasteiger partial charge in [-0.25, -0.2) is 0 Å². The van der Waals surface area contributed by atoms with Crippen molar-refractivity contribution in [2.45, 2.75) is 6.04 Å². The van der Waals surface area contributed by atoms with Crippen LogP contribution < -0.4 is 5.32 Å². The molecule has 2 aromatic heterocycles. The monoisotopic (exact) mass is 327 g/mol. The normalized spacial score (nSPS) is 12.7. The van der Waals surface area contributed by atoms with Crippen LogP contribution in [0, 0.1) is 0 Å². The number of carbonyl (C=O) groups excluding carboxylic acids is 1. The number of hydrogen-bond acceptors (Lipinski definition) is 3. The van der Waals surface area contributed by atoms with E-state index in [9.17, 15) is 4.79 Å². The van der Waals surface area contributed by atoms with Crippen LogP contribution in [-0.4, -0.2) is 36.0 Å².